The van der Waals surface area contributed by atoms with Crippen molar-refractivity contribution in [3.63, 3.8) is 0 Å². The Hall–Kier alpha value is -3.15. The lowest BCUT2D eigenvalue weighted by molar-refractivity contribution is 0.433. The van der Waals surface area contributed by atoms with Gasteiger partial charge in [-0.1, -0.05) is 18.2 Å². The van der Waals surface area contributed by atoms with Gasteiger partial charge in [-0.3, -0.25) is 19.9 Å². The maximum absolute atomic E-state index is 11.9. The van der Waals surface area contributed by atoms with E-state index < -0.39 is 5.56 Å². The van der Waals surface area contributed by atoms with E-state index >= 15 is 0 Å². The molecule has 6 nitrogen and oxygen atoms in total. The molecule has 0 saturated carbocycles. The van der Waals surface area contributed by atoms with Crippen LogP contribution in [0, 0.1) is 0 Å². The molecule has 3 aromatic rings. The van der Waals surface area contributed by atoms with Crippen LogP contribution < -0.4 is 5.56 Å². The van der Waals surface area contributed by atoms with Crippen LogP contribution >= 0.6 is 0 Å². The van der Waals surface area contributed by atoms with Gasteiger partial charge in [-0.2, -0.15) is 0 Å². The summed E-state index contributed by atoms with van der Waals surface area (Å²) >= 11 is 0. The van der Waals surface area contributed by atoms with Crippen LogP contribution in [-0.4, -0.2) is 26.1 Å². The number of aromatic hydroxyl groups is 1. The van der Waals surface area contributed by atoms with Gasteiger partial charge in [0.15, 0.2) is 0 Å². The Bertz CT molecular complexity index is 820. The number of H-pyrrole nitrogens is 1. The van der Waals surface area contributed by atoms with E-state index in [0.717, 1.165) is 0 Å². The maximum atomic E-state index is 11.9. The molecule has 0 radical (unpaired) electrons. The SMILES string of the molecule is O=c1[nH]n(-c2ccccc2)c(O)c1C=Nc1ccncc1. The second kappa shape index (κ2) is 5.46. The first-order valence-electron chi connectivity index (χ1n) is 6.29. The van der Waals surface area contributed by atoms with Gasteiger partial charge in [-0.25, -0.2) is 4.68 Å². The highest BCUT2D eigenvalue weighted by Gasteiger charge is 2.12. The first-order chi connectivity index (χ1) is 10.3. The molecule has 0 bridgehead atoms. The van der Waals surface area contributed by atoms with Gasteiger partial charge >= 0.3 is 0 Å². The lowest BCUT2D eigenvalue weighted by atomic mass is 10.3. The molecule has 0 spiro atoms. The van der Waals surface area contributed by atoms with Crippen LogP contribution in [0.15, 0.2) is 64.6 Å². The quantitative estimate of drug-likeness (QED) is 0.720. The van der Waals surface area contributed by atoms with Gasteiger partial charge in [0.05, 0.1) is 11.4 Å². The highest BCUT2D eigenvalue weighted by Crippen LogP contribution is 2.17. The molecule has 0 aliphatic heterocycles. The largest absolute Gasteiger partial charge is 0.493 e. The molecule has 0 unspecified atom stereocenters. The summed E-state index contributed by atoms with van der Waals surface area (Å²) in [5, 5.41) is 12.7. The van der Waals surface area contributed by atoms with E-state index in [1.54, 1.807) is 36.7 Å². The summed E-state index contributed by atoms with van der Waals surface area (Å²) in [6, 6.07) is 12.5. The van der Waals surface area contributed by atoms with Crippen molar-refractivity contribution in [3.8, 4) is 11.6 Å². The standard InChI is InChI=1S/C15H12N4O2/c20-14-13(10-17-11-6-8-16-9-7-11)15(21)19(18-14)12-4-2-1-3-5-12/h1-10,21H,(H,18,20). The number of rotatable bonds is 3. The summed E-state index contributed by atoms with van der Waals surface area (Å²) in [6.45, 7) is 0. The van der Waals surface area contributed by atoms with E-state index in [9.17, 15) is 9.90 Å². The fraction of sp³-hybridized carbons (Fsp3) is 0. The summed E-state index contributed by atoms with van der Waals surface area (Å²) in [5.41, 5.74) is 1.01. The molecule has 2 heterocycles. The Balaban J connectivity index is 2.00. The fourth-order valence-electron chi connectivity index (χ4n) is 1.89. The van der Waals surface area contributed by atoms with Crippen molar-refractivity contribution < 1.29 is 5.11 Å². The maximum Gasteiger partial charge on any atom is 0.277 e. The number of nitrogens with zero attached hydrogens (tertiary/aromatic N) is 3. The van der Waals surface area contributed by atoms with Crippen molar-refractivity contribution in [2.24, 2.45) is 4.99 Å². The van der Waals surface area contributed by atoms with Crippen molar-refractivity contribution in [2.45, 2.75) is 0 Å². The zero-order valence-electron chi connectivity index (χ0n) is 11.0. The average molecular weight is 280 g/mol. The predicted octanol–water partition coefficient (Wildman–Crippen LogP) is 2.02. The van der Waals surface area contributed by atoms with E-state index in [1.807, 2.05) is 18.2 Å². The molecule has 2 aromatic heterocycles. The topological polar surface area (TPSA) is 83.3 Å². The number of pyridine rings is 1. The summed E-state index contributed by atoms with van der Waals surface area (Å²) < 4.78 is 1.32. The average Bonchev–Trinajstić information content (AvgIpc) is 2.82. The Labute approximate surface area is 120 Å². The van der Waals surface area contributed by atoms with Gasteiger partial charge in [0.1, 0.15) is 5.56 Å². The van der Waals surface area contributed by atoms with E-state index in [4.69, 9.17) is 0 Å². The molecule has 0 amide bonds. The zero-order chi connectivity index (χ0) is 14.7. The van der Waals surface area contributed by atoms with Gasteiger partial charge in [0.2, 0.25) is 5.88 Å². The van der Waals surface area contributed by atoms with Crippen LogP contribution in [0.5, 0.6) is 5.88 Å². The van der Waals surface area contributed by atoms with E-state index in [1.165, 1.54) is 10.9 Å². The minimum atomic E-state index is -0.408. The van der Waals surface area contributed by atoms with Crippen LogP contribution in [0.4, 0.5) is 5.69 Å². The van der Waals surface area contributed by atoms with Crippen LogP contribution in [0.3, 0.4) is 0 Å². The van der Waals surface area contributed by atoms with Crippen LogP contribution in [0.1, 0.15) is 5.56 Å². The summed E-state index contributed by atoms with van der Waals surface area (Å²) in [6.07, 6.45) is 4.54. The van der Waals surface area contributed by atoms with Gasteiger partial charge in [0.25, 0.3) is 5.56 Å². The van der Waals surface area contributed by atoms with Crippen LogP contribution in [0.25, 0.3) is 5.69 Å². The van der Waals surface area contributed by atoms with E-state index in [0.29, 0.717) is 11.4 Å². The van der Waals surface area contributed by atoms with Gasteiger partial charge in [-0.05, 0) is 24.3 Å². The number of para-hydroxylation sites is 1. The molecular formula is C15H12N4O2. The summed E-state index contributed by atoms with van der Waals surface area (Å²) in [5.74, 6) is -0.177. The van der Waals surface area contributed by atoms with Crippen molar-refractivity contribution in [1.82, 2.24) is 14.8 Å². The zero-order valence-corrected chi connectivity index (χ0v) is 11.0. The molecule has 0 aliphatic rings. The number of benzene rings is 1. The Morgan fingerprint density at radius 2 is 1.86 bits per heavy atom. The molecule has 0 atom stereocenters. The molecule has 0 saturated heterocycles. The number of aromatic nitrogens is 3. The highest BCUT2D eigenvalue weighted by molar-refractivity contribution is 5.84. The number of aromatic amines is 1. The molecule has 0 fully saturated rings. The first-order valence-corrected chi connectivity index (χ1v) is 6.29. The molecule has 2 N–H and O–H groups in total. The first kappa shape index (κ1) is 12.9. The second-order valence-corrected chi connectivity index (χ2v) is 4.31. The Kier molecular flexibility index (Phi) is 3.34. The number of hydrogen-bond donors (Lipinski definition) is 2. The molecule has 21 heavy (non-hydrogen) atoms. The van der Waals surface area contributed by atoms with Crippen molar-refractivity contribution in [1.29, 1.82) is 0 Å². The molecule has 104 valence electrons. The molecular weight excluding hydrogens is 268 g/mol. The summed E-state index contributed by atoms with van der Waals surface area (Å²) in [7, 11) is 0. The van der Waals surface area contributed by atoms with Crippen molar-refractivity contribution in [3.05, 3.63) is 70.8 Å². The smallest absolute Gasteiger partial charge is 0.277 e. The third-order valence-corrected chi connectivity index (χ3v) is 2.93. The molecule has 1 aromatic carbocycles. The number of aliphatic imine (C=N–C) groups is 1. The molecule has 3 rings (SSSR count). The Morgan fingerprint density at radius 1 is 1.14 bits per heavy atom. The predicted molar refractivity (Wildman–Crippen MR) is 79.5 cm³/mol. The molecule has 0 aliphatic carbocycles. The lowest BCUT2D eigenvalue weighted by Gasteiger charge is -2.02. The van der Waals surface area contributed by atoms with Gasteiger partial charge in [0, 0.05) is 18.6 Å². The van der Waals surface area contributed by atoms with Crippen molar-refractivity contribution in [2.75, 3.05) is 0 Å². The van der Waals surface area contributed by atoms with E-state index in [2.05, 4.69) is 15.1 Å². The molecule has 6 heteroatoms. The lowest BCUT2D eigenvalue weighted by Crippen LogP contribution is -2.06. The summed E-state index contributed by atoms with van der Waals surface area (Å²) in [4.78, 5) is 19.9. The minimum absolute atomic E-state index is 0.107. The van der Waals surface area contributed by atoms with E-state index in [-0.39, 0.29) is 11.4 Å². The highest BCUT2D eigenvalue weighted by atomic mass is 16.3. The third kappa shape index (κ3) is 2.59. The van der Waals surface area contributed by atoms with Crippen LogP contribution in [-0.2, 0) is 0 Å². The minimum Gasteiger partial charge on any atom is -0.493 e. The van der Waals surface area contributed by atoms with Crippen LogP contribution in [0.2, 0.25) is 0 Å². The monoisotopic (exact) mass is 280 g/mol. The van der Waals surface area contributed by atoms with Gasteiger partial charge in [-0.15, -0.1) is 0 Å². The normalized spacial score (nSPS) is 11.0. The Morgan fingerprint density at radius 3 is 2.57 bits per heavy atom. The number of hydrogen-bond acceptors (Lipinski definition) is 4. The fourth-order valence-corrected chi connectivity index (χ4v) is 1.89. The third-order valence-electron chi connectivity index (χ3n) is 2.93. The van der Waals surface area contributed by atoms with Gasteiger partial charge < -0.3 is 5.11 Å². The second-order valence-electron chi connectivity index (χ2n) is 4.31. The number of nitrogens with one attached hydrogen (secondary N) is 1. The van der Waals surface area contributed by atoms with Crippen molar-refractivity contribution >= 4 is 11.9 Å².